The monoisotopic (exact) mass is 447 g/mol. The fraction of sp³-hybridized carbons (Fsp3) is 0.364. The number of rotatable bonds is 9. The Balaban J connectivity index is 1.88. The lowest BCUT2D eigenvalue weighted by molar-refractivity contribution is -0.116. The highest BCUT2D eigenvalue weighted by molar-refractivity contribution is 7.89. The van der Waals surface area contributed by atoms with Gasteiger partial charge in [-0.15, -0.1) is 0 Å². The summed E-state index contributed by atoms with van der Waals surface area (Å²) in [7, 11) is -2.25. The van der Waals surface area contributed by atoms with E-state index in [1.807, 2.05) is 0 Å². The molecule has 8 nitrogen and oxygen atoms in total. The summed E-state index contributed by atoms with van der Waals surface area (Å²) in [5, 5.41) is 5.40. The third-order valence-electron chi connectivity index (χ3n) is 4.11. The van der Waals surface area contributed by atoms with Gasteiger partial charge in [-0.3, -0.25) is 9.59 Å². The van der Waals surface area contributed by atoms with Crippen LogP contribution in [0, 0.1) is 0 Å². The van der Waals surface area contributed by atoms with Crippen molar-refractivity contribution in [1.82, 2.24) is 10.0 Å². The van der Waals surface area contributed by atoms with E-state index in [-0.39, 0.29) is 28.8 Å². The molecule has 0 aromatic heterocycles. The smallest absolute Gasteiger partial charge is 0.251 e. The Labute approximate surface area is 183 Å². The first-order chi connectivity index (χ1) is 14.5. The van der Waals surface area contributed by atoms with Gasteiger partial charge in [-0.2, -0.15) is 0 Å². The highest BCUT2D eigenvalue weighted by atomic mass is 32.2. The van der Waals surface area contributed by atoms with E-state index >= 15 is 0 Å². The van der Waals surface area contributed by atoms with Crippen LogP contribution >= 0.6 is 0 Å². The fourth-order valence-electron chi connectivity index (χ4n) is 2.77. The average molecular weight is 448 g/mol. The van der Waals surface area contributed by atoms with Gasteiger partial charge in [0.15, 0.2) is 0 Å². The van der Waals surface area contributed by atoms with Gasteiger partial charge in [0, 0.05) is 24.1 Å². The van der Waals surface area contributed by atoms with E-state index in [4.69, 9.17) is 4.74 Å². The van der Waals surface area contributed by atoms with Crippen LogP contribution in [-0.4, -0.2) is 39.4 Å². The number of carbonyl (C=O) groups excluding carboxylic acids is 2. The molecule has 0 spiro atoms. The van der Waals surface area contributed by atoms with E-state index in [2.05, 4.69) is 15.4 Å². The lowest BCUT2D eigenvalue weighted by Crippen LogP contribution is -2.40. The lowest BCUT2D eigenvalue weighted by atomic mass is 10.1. The van der Waals surface area contributed by atoms with E-state index < -0.39 is 15.6 Å². The highest BCUT2D eigenvalue weighted by Crippen LogP contribution is 2.22. The molecule has 0 fully saturated rings. The zero-order valence-corrected chi connectivity index (χ0v) is 19.0. The number of anilines is 1. The molecule has 0 atom stereocenters. The zero-order chi connectivity index (χ0) is 23.1. The van der Waals surface area contributed by atoms with Crippen LogP contribution in [0.2, 0.25) is 0 Å². The van der Waals surface area contributed by atoms with Gasteiger partial charge in [0.2, 0.25) is 15.9 Å². The molecular weight excluding hydrogens is 418 g/mol. The summed E-state index contributed by atoms with van der Waals surface area (Å²) < 4.78 is 32.9. The van der Waals surface area contributed by atoms with E-state index in [0.717, 1.165) is 0 Å². The Morgan fingerprint density at radius 3 is 2.26 bits per heavy atom. The number of carbonyl (C=O) groups is 2. The summed E-state index contributed by atoms with van der Waals surface area (Å²) in [6.45, 7) is 5.54. The number of hydrogen-bond donors (Lipinski definition) is 3. The first-order valence-corrected chi connectivity index (χ1v) is 11.4. The molecule has 2 amide bonds. The molecule has 0 aliphatic rings. The van der Waals surface area contributed by atoms with Crippen LogP contribution in [0.15, 0.2) is 53.4 Å². The molecule has 0 heterocycles. The molecule has 0 radical (unpaired) electrons. The predicted molar refractivity (Wildman–Crippen MR) is 120 cm³/mol. The second-order valence-electron chi connectivity index (χ2n) is 7.99. The second kappa shape index (κ2) is 10.4. The molecule has 0 aliphatic carbocycles. The Kier molecular flexibility index (Phi) is 8.18. The number of ether oxygens (including phenoxy) is 1. The van der Waals surface area contributed by atoms with Crippen LogP contribution < -0.4 is 20.1 Å². The maximum atomic E-state index is 12.6. The Bertz CT molecular complexity index is 1010. The minimum absolute atomic E-state index is 0.00563. The Morgan fingerprint density at radius 1 is 1.00 bits per heavy atom. The van der Waals surface area contributed by atoms with Gasteiger partial charge in [0.1, 0.15) is 10.6 Å². The molecular formula is C22H29N3O5S. The zero-order valence-electron chi connectivity index (χ0n) is 18.2. The first-order valence-electron chi connectivity index (χ1n) is 9.87. The molecule has 2 aromatic rings. The molecule has 0 bridgehead atoms. The number of para-hydroxylation sites is 1. The van der Waals surface area contributed by atoms with Crippen LogP contribution in [0.4, 0.5) is 5.69 Å². The van der Waals surface area contributed by atoms with Crippen molar-refractivity contribution in [3.05, 3.63) is 54.1 Å². The molecule has 2 aromatic carbocycles. The van der Waals surface area contributed by atoms with Crippen molar-refractivity contribution in [1.29, 1.82) is 0 Å². The van der Waals surface area contributed by atoms with Crippen molar-refractivity contribution in [3.8, 4) is 5.75 Å². The van der Waals surface area contributed by atoms with Crippen molar-refractivity contribution >= 4 is 27.5 Å². The molecule has 0 unspecified atom stereocenters. The van der Waals surface area contributed by atoms with Gasteiger partial charge in [-0.25, -0.2) is 13.1 Å². The standard InChI is InChI=1S/C22H29N3O5S/c1-22(2,3)25-31(28,29)19-9-6-5-8-18(19)24-20(26)10-7-15-23-21(27)16-11-13-17(30-4)14-12-16/h5-6,8-9,11-14,25H,7,10,15H2,1-4H3,(H,23,27)(H,24,26). The van der Waals surface area contributed by atoms with Crippen LogP contribution in [-0.2, 0) is 14.8 Å². The van der Waals surface area contributed by atoms with E-state index in [1.54, 1.807) is 70.3 Å². The van der Waals surface area contributed by atoms with E-state index in [0.29, 0.717) is 24.3 Å². The van der Waals surface area contributed by atoms with Gasteiger partial charge >= 0.3 is 0 Å². The maximum absolute atomic E-state index is 12.6. The topological polar surface area (TPSA) is 114 Å². The quantitative estimate of drug-likeness (QED) is 0.512. The van der Waals surface area contributed by atoms with Crippen molar-refractivity contribution in [3.63, 3.8) is 0 Å². The normalized spacial score (nSPS) is 11.6. The van der Waals surface area contributed by atoms with Gasteiger partial charge < -0.3 is 15.4 Å². The average Bonchev–Trinajstić information content (AvgIpc) is 2.69. The van der Waals surface area contributed by atoms with Gasteiger partial charge in [-0.05, 0) is 63.6 Å². The van der Waals surface area contributed by atoms with Gasteiger partial charge in [-0.1, -0.05) is 12.1 Å². The van der Waals surface area contributed by atoms with Crippen molar-refractivity contribution < 1.29 is 22.7 Å². The summed E-state index contributed by atoms with van der Waals surface area (Å²) in [4.78, 5) is 24.4. The number of benzene rings is 2. The SMILES string of the molecule is COc1ccc(C(=O)NCCCC(=O)Nc2ccccc2S(=O)(=O)NC(C)(C)C)cc1. The summed E-state index contributed by atoms with van der Waals surface area (Å²) in [6, 6.07) is 12.9. The second-order valence-corrected chi connectivity index (χ2v) is 9.64. The van der Waals surface area contributed by atoms with E-state index in [1.165, 1.54) is 6.07 Å². The Morgan fingerprint density at radius 2 is 1.65 bits per heavy atom. The first kappa shape index (κ1) is 24.4. The number of amides is 2. The Hall–Kier alpha value is -2.91. The van der Waals surface area contributed by atoms with Crippen molar-refractivity contribution in [2.75, 3.05) is 19.0 Å². The number of nitrogens with one attached hydrogen (secondary N) is 3. The maximum Gasteiger partial charge on any atom is 0.251 e. The van der Waals surface area contributed by atoms with Crippen molar-refractivity contribution in [2.45, 2.75) is 44.0 Å². The van der Waals surface area contributed by atoms with Crippen LogP contribution in [0.1, 0.15) is 44.0 Å². The van der Waals surface area contributed by atoms with Crippen LogP contribution in [0.25, 0.3) is 0 Å². The van der Waals surface area contributed by atoms with E-state index in [9.17, 15) is 18.0 Å². The number of hydrogen-bond acceptors (Lipinski definition) is 5. The fourth-order valence-corrected chi connectivity index (χ4v) is 4.35. The summed E-state index contributed by atoms with van der Waals surface area (Å²) in [5.74, 6) is 0.0816. The molecule has 0 saturated carbocycles. The summed E-state index contributed by atoms with van der Waals surface area (Å²) >= 11 is 0. The van der Waals surface area contributed by atoms with Crippen LogP contribution in [0.5, 0.6) is 5.75 Å². The third-order valence-corrected chi connectivity index (χ3v) is 5.93. The van der Waals surface area contributed by atoms with Gasteiger partial charge in [0.25, 0.3) is 5.91 Å². The summed E-state index contributed by atoms with van der Waals surface area (Å²) in [5.41, 5.74) is 0.0557. The minimum atomic E-state index is -3.80. The highest BCUT2D eigenvalue weighted by Gasteiger charge is 2.24. The summed E-state index contributed by atoms with van der Waals surface area (Å²) in [6.07, 6.45) is 0.535. The molecule has 31 heavy (non-hydrogen) atoms. The number of methoxy groups -OCH3 is 1. The van der Waals surface area contributed by atoms with Crippen LogP contribution in [0.3, 0.4) is 0 Å². The molecule has 0 saturated heterocycles. The van der Waals surface area contributed by atoms with Gasteiger partial charge in [0.05, 0.1) is 12.8 Å². The largest absolute Gasteiger partial charge is 0.497 e. The molecule has 9 heteroatoms. The predicted octanol–water partition coefficient (Wildman–Crippen LogP) is 2.92. The lowest BCUT2D eigenvalue weighted by Gasteiger charge is -2.21. The molecule has 0 aliphatic heterocycles. The minimum Gasteiger partial charge on any atom is -0.497 e. The molecule has 168 valence electrons. The number of sulfonamides is 1. The van der Waals surface area contributed by atoms with Crippen molar-refractivity contribution in [2.24, 2.45) is 0 Å². The third kappa shape index (κ3) is 7.69. The molecule has 3 N–H and O–H groups in total. The molecule has 2 rings (SSSR count).